The van der Waals surface area contributed by atoms with Crippen LogP contribution in [0.1, 0.15) is 50.8 Å². The monoisotopic (exact) mass is 382 g/mol. The molecule has 0 aliphatic rings. The van der Waals surface area contributed by atoms with Crippen molar-refractivity contribution >= 4 is 34.7 Å². The molecule has 0 bridgehead atoms. The van der Waals surface area contributed by atoms with Crippen LogP contribution in [-0.2, 0) is 11.3 Å². The lowest BCUT2D eigenvalue weighted by atomic mass is 10.0. The maximum atomic E-state index is 12.9. The summed E-state index contributed by atoms with van der Waals surface area (Å²) < 4.78 is 5.81. The maximum absolute atomic E-state index is 12.9. The highest BCUT2D eigenvalue weighted by Crippen LogP contribution is 2.24. The molecule has 0 saturated carbocycles. The molecule has 136 valence electrons. The Balaban J connectivity index is 2.19. The molecule has 2 heterocycles. The number of nitrogens with zero attached hydrogens (tertiary/aromatic N) is 1. The molecule has 0 fully saturated rings. The molecule has 0 aliphatic heterocycles. The van der Waals surface area contributed by atoms with Crippen molar-refractivity contribution < 1.29 is 14.3 Å². The maximum Gasteiger partial charge on any atom is 0.340 e. The summed E-state index contributed by atoms with van der Waals surface area (Å²) in [6, 6.07) is 3.47. The fourth-order valence-corrected chi connectivity index (χ4v) is 3.89. The number of aryl methyl sites for hydroxylation is 1. The van der Waals surface area contributed by atoms with E-state index in [1.807, 2.05) is 31.0 Å². The van der Waals surface area contributed by atoms with Gasteiger partial charge < -0.3 is 9.72 Å². The molecule has 0 radical (unpaired) electrons. The molecule has 1 N–H and O–H groups in total. The molecule has 2 aromatic heterocycles. The van der Waals surface area contributed by atoms with Gasteiger partial charge in [-0.05, 0) is 52.4 Å². The average molecular weight is 383 g/mol. The number of ketones is 1. The lowest BCUT2D eigenvalue weighted by molar-refractivity contribution is 0.0525. The summed E-state index contributed by atoms with van der Waals surface area (Å²) in [5.41, 5.74) is 2.20. The van der Waals surface area contributed by atoms with Crippen molar-refractivity contribution in [2.24, 2.45) is 0 Å². The smallest absolute Gasteiger partial charge is 0.340 e. The van der Waals surface area contributed by atoms with E-state index in [-0.39, 0.29) is 11.8 Å². The number of Topliss-reactive ketones (excluding diaryl/α,β-unsaturated/α-hetero) is 1. The van der Waals surface area contributed by atoms with Crippen molar-refractivity contribution in [2.75, 3.05) is 13.7 Å². The molecular formula is C18H23ClN2O3S. The normalized spacial score (nSPS) is 12.4. The minimum Gasteiger partial charge on any atom is -0.462 e. The van der Waals surface area contributed by atoms with Crippen LogP contribution in [0.2, 0.25) is 4.34 Å². The number of thiophene rings is 1. The number of hydrogen-bond donors (Lipinski definition) is 1. The van der Waals surface area contributed by atoms with Crippen LogP contribution in [0.4, 0.5) is 0 Å². The van der Waals surface area contributed by atoms with Gasteiger partial charge in [-0.25, -0.2) is 4.79 Å². The van der Waals surface area contributed by atoms with Crippen molar-refractivity contribution in [1.82, 2.24) is 9.88 Å². The van der Waals surface area contributed by atoms with Gasteiger partial charge in [0.25, 0.3) is 0 Å². The minimum absolute atomic E-state index is 0.0544. The number of nitrogens with one attached hydrogen (secondary N) is 1. The van der Waals surface area contributed by atoms with E-state index in [2.05, 4.69) is 4.98 Å². The van der Waals surface area contributed by atoms with Crippen LogP contribution in [0, 0.1) is 13.8 Å². The number of carbonyl (C=O) groups excluding carboxylic acids is 2. The molecule has 7 heteroatoms. The van der Waals surface area contributed by atoms with Crippen LogP contribution in [0.15, 0.2) is 12.1 Å². The molecule has 0 saturated heterocycles. The van der Waals surface area contributed by atoms with Gasteiger partial charge in [0.1, 0.15) is 0 Å². The van der Waals surface area contributed by atoms with Gasteiger partial charge in [-0.15, -0.1) is 11.3 Å². The van der Waals surface area contributed by atoms with E-state index in [1.165, 1.54) is 11.3 Å². The summed E-state index contributed by atoms with van der Waals surface area (Å²) >= 11 is 7.47. The van der Waals surface area contributed by atoms with Gasteiger partial charge in [0.15, 0.2) is 5.78 Å². The first-order valence-corrected chi connectivity index (χ1v) is 9.30. The van der Waals surface area contributed by atoms with E-state index in [0.717, 1.165) is 9.21 Å². The summed E-state index contributed by atoms with van der Waals surface area (Å²) in [5, 5.41) is 0. The van der Waals surface area contributed by atoms with Gasteiger partial charge in [-0.3, -0.25) is 9.69 Å². The zero-order valence-corrected chi connectivity index (χ0v) is 16.7. The zero-order valence-electron chi connectivity index (χ0n) is 15.1. The molecule has 1 atom stereocenters. The van der Waals surface area contributed by atoms with Crippen LogP contribution < -0.4 is 0 Å². The van der Waals surface area contributed by atoms with E-state index in [0.29, 0.717) is 35.7 Å². The SMILES string of the molecule is CCOC(=O)c1c(C)[nH]c(C(=O)[C@H](C)N(C)Cc2ccc(Cl)s2)c1C. The number of esters is 1. The number of likely N-dealkylation sites (N-methyl/N-ethyl adjacent to an activating group) is 1. The van der Waals surface area contributed by atoms with E-state index in [4.69, 9.17) is 16.3 Å². The second-order valence-electron chi connectivity index (χ2n) is 6.01. The predicted octanol–water partition coefficient (Wildman–Crippen LogP) is 4.23. The highest BCUT2D eigenvalue weighted by molar-refractivity contribution is 7.16. The average Bonchev–Trinajstić information content (AvgIpc) is 3.08. The van der Waals surface area contributed by atoms with Gasteiger partial charge >= 0.3 is 5.97 Å². The highest BCUT2D eigenvalue weighted by atomic mass is 35.5. The fourth-order valence-electron chi connectivity index (χ4n) is 2.73. The third-order valence-electron chi connectivity index (χ3n) is 4.24. The number of ether oxygens (including phenoxy) is 1. The minimum atomic E-state index is -0.401. The van der Waals surface area contributed by atoms with Crippen LogP contribution in [0.3, 0.4) is 0 Å². The first-order valence-electron chi connectivity index (χ1n) is 8.11. The van der Waals surface area contributed by atoms with Gasteiger partial charge in [0.05, 0.1) is 28.2 Å². The van der Waals surface area contributed by atoms with E-state index in [9.17, 15) is 9.59 Å². The third kappa shape index (κ3) is 4.32. The van der Waals surface area contributed by atoms with Crippen LogP contribution in [0.25, 0.3) is 0 Å². The Kier molecular flexibility index (Phi) is 6.43. The zero-order chi connectivity index (χ0) is 18.7. The van der Waals surface area contributed by atoms with Gasteiger partial charge in [-0.1, -0.05) is 11.6 Å². The van der Waals surface area contributed by atoms with Gasteiger partial charge in [-0.2, -0.15) is 0 Å². The Morgan fingerprint density at radius 2 is 2.04 bits per heavy atom. The quantitative estimate of drug-likeness (QED) is 0.575. The number of hydrogen-bond acceptors (Lipinski definition) is 5. The Labute approximate surface area is 156 Å². The Morgan fingerprint density at radius 1 is 1.36 bits per heavy atom. The Morgan fingerprint density at radius 3 is 2.60 bits per heavy atom. The lowest BCUT2D eigenvalue weighted by Crippen LogP contribution is -2.35. The van der Waals surface area contributed by atoms with Crippen molar-refractivity contribution in [3.63, 3.8) is 0 Å². The van der Waals surface area contributed by atoms with E-state index < -0.39 is 5.97 Å². The number of rotatable bonds is 7. The summed E-state index contributed by atoms with van der Waals surface area (Å²) in [6.07, 6.45) is 0. The van der Waals surface area contributed by atoms with Crippen molar-refractivity contribution in [3.05, 3.63) is 43.9 Å². The third-order valence-corrected chi connectivity index (χ3v) is 5.45. The van der Waals surface area contributed by atoms with Crippen molar-refractivity contribution in [1.29, 1.82) is 0 Å². The lowest BCUT2D eigenvalue weighted by Gasteiger charge is -2.22. The fraction of sp³-hybridized carbons (Fsp3) is 0.444. The summed E-state index contributed by atoms with van der Waals surface area (Å²) in [4.78, 5) is 31.1. The molecular weight excluding hydrogens is 360 g/mol. The molecule has 0 aliphatic carbocycles. The second-order valence-corrected chi connectivity index (χ2v) is 7.81. The Hall–Kier alpha value is -1.63. The van der Waals surface area contributed by atoms with E-state index >= 15 is 0 Å². The van der Waals surface area contributed by atoms with Crippen LogP contribution >= 0.6 is 22.9 Å². The summed E-state index contributed by atoms with van der Waals surface area (Å²) in [5.74, 6) is -0.455. The molecule has 2 aromatic rings. The number of aromatic nitrogens is 1. The topological polar surface area (TPSA) is 62.4 Å². The number of carbonyl (C=O) groups is 2. The van der Waals surface area contributed by atoms with E-state index in [1.54, 1.807) is 20.8 Å². The van der Waals surface area contributed by atoms with Crippen LogP contribution in [0.5, 0.6) is 0 Å². The number of H-pyrrole nitrogens is 1. The van der Waals surface area contributed by atoms with Crippen molar-refractivity contribution in [2.45, 2.75) is 40.3 Å². The summed E-state index contributed by atoms with van der Waals surface area (Å²) in [6.45, 7) is 8.10. The molecule has 0 unspecified atom stereocenters. The molecule has 25 heavy (non-hydrogen) atoms. The molecule has 2 rings (SSSR count). The van der Waals surface area contributed by atoms with Crippen LogP contribution in [-0.4, -0.2) is 41.3 Å². The highest BCUT2D eigenvalue weighted by Gasteiger charge is 2.27. The predicted molar refractivity (Wildman–Crippen MR) is 101 cm³/mol. The number of aromatic amines is 1. The Bertz CT molecular complexity index is 781. The van der Waals surface area contributed by atoms with Crippen molar-refractivity contribution in [3.8, 4) is 0 Å². The largest absolute Gasteiger partial charge is 0.462 e. The first-order chi connectivity index (χ1) is 11.8. The molecule has 0 aromatic carbocycles. The second kappa shape index (κ2) is 8.17. The molecule has 0 amide bonds. The number of halogens is 1. The molecule has 0 spiro atoms. The standard InChI is InChI=1S/C18H23ClN2O3S/c1-6-24-18(23)15-10(2)16(20-11(15)3)17(22)12(4)21(5)9-13-7-8-14(19)25-13/h7-8,12,20H,6,9H2,1-5H3/t12-/m0/s1. The molecule has 5 nitrogen and oxygen atoms in total. The van der Waals surface area contributed by atoms with Gasteiger partial charge in [0.2, 0.25) is 0 Å². The first kappa shape index (κ1) is 19.7. The van der Waals surface area contributed by atoms with Gasteiger partial charge in [0, 0.05) is 17.1 Å². The summed E-state index contributed by atoms with van der Waals surface area (Å²) in [7, 11) is 1.90.